The Bertz CT molecular complexity index is 606. The van der Waals surface area contributed by atoms with E-state index in [-0.39, 0.29) is 28.3 Å². The Labute approximate surface area is 132 Å². The summed E-state index contributed by atoms with van der Waals surface area (Å²) in [7, 11) is 2.79. The smallest absolute Gasteiger partial charge is 0.265 e. The first-order valence-electron chi connectivity index (χ1n) is 5.89. The number of nitrogens with one attached hydrogen (secondary N) is 1. The quantitative estimate of drug-likeness (QED) is 0.754. The van der Waals surface area contributed by atoms with Crippen molar-refractivity contribution in [2.75, 3.05) is 20.3 Å². The number of ether oxygens (including phenoxy) is 2. The van der Waals surface area contributed by atoms with Crippen molar-refractivity contribution in [1.82, 2.24) is 5.32 Å². The lowest BCUT2D eigenvalue weighted by molar-refractivity contribution is -0.124. The number of hydrogen-bond acceptors (Lipinski definition) is 5. The number of halogens is 2. The summed E-state index contributed by atoms with van der Waals surface area (Å²) in [5.74, 6) is -0.448. The molecule has 0 fully saturated rings. The molecule has 0 saturated heterocycles. The summed E-state index contributed by atoms with van der Waals surface area (Å²) < 4.78 is 32.9. The molecule has 0 aliphatic carbocycles. The third kappa shape index (κ3) is 6.09. The average Bonchev–Trinajstić information content (AvgIpc) is 2.36. The van der Waals surface area contributed by atoms with E-state index in [9.17, 15) is 13.2 Å². The van der Waals surface area contributed by atoms with Crippen molar-refractivity contribution >= 4 is 37.2 Å². The largest absolute Gasteiger partial charge is 0.482 e. The van der Waals surface area contributed by atoms with E-state index in [0.717, 1.165) is 6.07 Å². The summed E-state index contributed by atoms with van der Waals surface area (Å²) in [5, 5.41) is 2.82. The second kappa shape index (κ2) is 7.84. The van der Waals surface area contributed by atoms with Gasteiger partial charge in [-0.1, -0.05) is 11.6 Å². The monoisotopic (exact) mass is 355 g/mol. The third-order valence-electron chi connectivity index (χ3n) is 2.35. The maximum atomic E-state index is 11.6. The van der Waals surface area contributed by atoms with Crippen LogP contribution in [0.25, 0.3) is 0 Å². The Morgan fingerprint density at radius 2 is 2.10 bits per heavy atom. The summed E-state index contributed by atoms with van der Waals surface area (Å²) in [6.07, 6.45) is 0. The maximum absolute atomic E-state index is 11.6. The van der Waals surface area contributed by atoms with Gasteiger partial charge >= 0.3 is 0 Å². The number of hydrogen-bond donors (Lipinski definition) is 1. The molecule has 9 heteroatoms. The Balaban J connectivity index is 2.74. The minimum atomic E-state index is -4.02. The molecule has 0 bridgehead atoms. The molecule has 6 nitrogen and oxygen atoms in total. The lowest BCUT2D eigenvalue weighted by atomic mass is 10.3. The molecule has 1 unspecified atom stereocenters. The van der Waals surface area contributed by atoms with Crippen LogP contribution in [0.4, 0.5) is 0 Å². The molecule has 0 aromatic heterocycles. The van der Waals surface area contributed by atoms with E-state index in [2.05, 4.69) is 5.32 Å². The SMILES string of the molecule is COCC(C)NC(=O)COc1ccc(Cl)cc1S(=O)(=O)Cl. The van der Waals surface area contributed by atoms with E-state index in [1.807, 2.05) is 0 Å². The van der Waals surface area contributed by atoms with Crippen LogP contribution in [0.5, 0.6) is 5.75 Å². The van der Waals surface area contributed by atoms with Crippen LogP contribution in [-0.2, 0) is 18.6 Å². The molecule has 1 atom stereocenters. The van der Waals surface area contributed by atoms with Crippen molar-refractivity contribution in [2.24, 2.45) is 0 Å². The fraction of sp³-hybridized carbons (Fsp3) is 0.417. The zero-order chi connectivity index (χ0) is 16.0. The van der Waals surface area contributed by atoms with Gasteiger partial charge in [0.25, 0.3) is 15.0 Å². The molecule has 0 heterocycles. The van der Waals surface area contributed by atoms with E-state index in [1.54, 1.807) is 6.92 Å². The zero-order valence-corrected chi connectivity index (χ0v) is 13.8. The van der Waals surface area contributed by atoms with Gasteiger partial charge in [0.2, 0.25) is 0 Å². The fourth-order valence-electron chi connectivity index (χ4n) is 1.54. The molecule has 118 valence electrons. The van der Waals surface area contributed by atoms with Crippen molar-refractivity contribution in [3.05, 3.63) is 23.2 Å². The second-order valence-corrected chi connectivity index (χ2v) is 7.21. The van der Waals surface area contributed by atoms with Crippen LogP contribution in [0, 0.1) is 0 Å². The van der Waals surface area contributed by atoms with Crippen LogP contribution in [0.3, 0.4) is 0 Å². The topological polar surface area (TPSA) is 81.7 Å². The predicted molar refractivity (Wildman–Crippen MR) is 79.5 cm³/mol. The van der Waals surface area contributed by atoms with Gasteiger partial charge in [-0.15, -0.1) is 0 Å². The van der Waals surface area contributed by atoms with Gasteiger partial charge in [-0.2, -0.15) is 0 Å². The van der Waals surface area contributed by atoms with E-state index in [4.69, 9.17) is 31.8 Å². The summed E-state index contributed by atoms with van der Waals surface area (Å²) in [6, 6.07) is 3.75. The molecule has 0 saturated carbocycles. The van der Waals surface area contributed by atoms with Gasteiger partial charge in [0.1, 0.15) is 10.6 Å². The summed E-state index contributed by atoms with van der Waals surface area (Å²) in [5.41, 5.74) is 0. The van der Waals surface area contributed by atoms with Crippen molar-refractivity contribution < 1.29 is 22.7 Å². The number of carbonyl (C=O) groups excluding carboxylic acids is 1. The standard InChI is InChI=1S/C12H15Cl2NO5S/c1-8(6-19-2)15-12(16)7-20-10-4-3-9(13)5-11(10)21(14,17)18/h3-5,8H,6-7H2,1-2H3,(H,15,16). The van der Waals surface area contributed by atoms with E-state index in [0.29, 0.717) is 6.61 Å². The lowest BCUT2D eigenvalue weighted by Gasteiger charge is -2.14. The first kappa shape index (κ1) is 18.0. The lowest BCUT2D eigenvalue weighted by Crippen LogP contribution is -2.38. The first-order valence-corrected chi connectivity index (χ1v) is 8.58. The van der Waals surface area contributed by atoms with Gasteiger partial charge in [-0.05, 0) is 25.1 Å². The third-order valence-corrected chi connectivity index (χ3v) is 3.93. The molecule has 0 aliphatic rings. The van der Waals surface area contributed by atoms with Crippen LogP contribution < -0.4 is 10.1 Å². The molecule has 1 aromatic rings. The predicted octanol–water partition coefficient (Wildman–Crippen LogP) is 1.80. The molecular weight excluding hydrogens is 341 g/mol. The van der Waals surface area contributed by atoms with Crippen LogP contribution >= 0.6 is 22.3 Å². The fourth-order valence-corrected chi connectivity index (χ4v) is 2.78. The zero-order valence-electron chi connectivity index (χ0n) is 11.4. The summed E-state index contributed by atoms with van der Waals surface area (Å²) in [4.78, 5) is 11.3. The van der Waals surface area contributed by atoms with E-state index < -0.39 is 15.0 Å². The van der Waals surface area contributed by atoms with Crippen LogP contribution in [-0.4, -0.2) is 40.7 Å². The summed E-state index contributed by atoms with van der Waals surface area (Å²) >= 11 is 5.72. The minimum absolute atomic E-state index is 0.0380. The van der Waals surface area contributed by atoms with Gasteiger partial charge in [-0.3, -0.25) is 4.79 Å². The molecule has 0 aliphatic heterocycles. The molecule has 0 spiro atoms. The molecule has 1 N–H and O–H groups in total. The molecular formula is C12H15Cl2NO5S. The number of rotatable bonds is 7. The maximum Gasteiger partial charge on any atom is 0.265 e. The molecule has 1 aromatic carbocycles. The Hall–Kier alpha value is -1.02. The van der Waals surface area contributed by atoms with Gasteiger partial charge in [0.15, 0.2) is 6.61 Å². The number of benzene rings is 1. The van der Waals surface area contributed by atoms with Gasteiger partial charge < -0.3 is 14.8 Å². The number of methoxy groups -OCH3 is 1. The number of carbonyl (C=O) groups is 1. The Morgan fingerprint density at radius 3 is 2.67 bits per heavy atom. The highest BCUT2D eigenvalue weighted by molar-refractivity contribution is 8.13. The van der Waals surface area contributed by atoms with Gasteiger partial charge in [0, 0.05) is 28.9 Å². The highest BCUT2D eigenvalue weighted by Gasteiger charge is 2.18. The molecule has 0 radical (unpaired) electrons. The van der Waals surface area contributed by atoms with Crippen molar-refractivity contribution in [1.29, 1.82) is 0 Å². The highest BCUT2D eigenvalue weighted by Crippen LogP contribution is 2.29. The van der Waals surface area contributed by atoms with Crippen molar-refractivity contribution in [3.8, 4) is 5.75 Å². The molecule has 1 rings (SSSR count). The molecule has 21 heavy (non-hydrogen) atoms. The normalized spacial score (nSPS) is 12.8. The average molecular weight is 356 g/mol. The second-order valence-electron chi connectivity index (χ2n) is 4.24. The van der Waals surface area contributed by atoms with E-state index >= 15 is 0 Å². The first-order chi connectivity index (χ1) is 9.74. The van der Waals surface area contributed by atoms with Crippen molar-refractivity contribution in [2.45, 2.75) is 17.9 Å². The van der Waals surface area contributed by atoms with Crippen LogP contribution in [0.2, 0.25) is 5.02 Å². The Kier molecular flexibility index (Phi) is 6.73. The van der Waals surface area contributed by atoms with Crippen molar-refractivity contribution in [3.63, 3.8) is 0 Å². The summed E-state index contributed by atoms with van der Waals surface area (Å²) in [6.45, 7) is 1.77. The van der Waals surface area contributed by atoms with Gasteiger partial charge in [-0.25, -0.2) is 8.42 Å². The Morgan fingerprint density at radius 1 is 1.43 bits per heavy atom. The minimum Gasteiger partial charge on any atom is -0.482 e. The van der Waals surface area contributed by atoms with E-state index in [1.165, 1.54) is 19.2 Å². The van der Waals surface area contributed by atoms with Gasteiger partial charge in [0.05, 0.1) is 6.61 Å². The van der Waals surface area contributed by atoms with Crippen LogP contribution in [0.15, 0.2) is 23.1 Å². The number of amides is 1. The highest BCUT2D eigenvalue weighted by atomic mass is 35.7. The van der Waals surface area contributed by atoms with Crippen LogP contribution in [0.1, 0.15) is 6.92 Å². The molecule has 1 amide bonds.